The fraction of sp³-hybridized carbons (Fsp3) is 0.0833. The van der Waals surface area contributed by atoms with Crippen molar-refractivity contribution in [3.05, 3.63) is 42.4 Å². The highest BCUT2D eigenvalue weighted by molar-refractivity contribution is 7.80. The summed E-state index contributed by atoms with van der Waals surface area (Å²) in [5.41, 5.74) is 1.72. The molecule has 0 radical (unpaired) electrons. The first kappa shape index (κ1) is 11.2. The molecule has 0 saturated carbocycles. The number of aromatic nitrogens is 4. The SMILES string of the molecule is Cc1ccc(-c2cn3cncnc3n2)c(F)c1S. The number of hydrogen-bond acceptors (Lipinski definition) is 4. The van der Waals surface area contributed by atoms with E-state index in [4.69, 9.17) is 0 Å². The van der Waals surface area contributed by atoms with Gasteiger partial charge in [-0.05, 0) is 18.6 Å². The third-order valence-electron chi connectivity index (χ3n) is 2.74. The maximum Gasteiger partial charge on any atom is 0.237 e. The largest absolute Gasteiger partial charge is 0.274 e. The van der Waals surface area contributed by atoms with Crippen molar-refractivity contribution in [2.24, 2.45) is 0 Å². The summed E-state index contributed by atoms with van der Waals surface area (Å²) >= 11 is 4.16. The molecule has 0 atom stereocenters. The second kappa shape index (κ2) is 4.06. The van der Waals surface area contributed by atoms with Crippen LogP contribution in [0.15, 0.2) is 35.9 Å². The Labute approximate surface area is 108 Å². The van der Waals surface area contributed by atoms with Crippen LogP contribution in [0.4, 0.5) is 4.39 Å². The Bertz CT molecular complexity index is 705. The number of thiol groups is 1. The van der Waals surface area contributed by atoms with Gasteiger partial charge in [-0.15, -0.1) is 12.6 Å². The summed E-state index contributed by atoms with van der Waals surface area (Å²) < 4.78 is 15.8. The molecule has 2 heterocycles. The van der Waals surface area contributed by atoms with Gasteiger partial charge in [0.2, 0.25) is 5.78 Å². The monoisotopic (exact) mass is 260 g/mol. The molecule has 0 amide bonds. The van der Waals surface area contributed by atoms with Crippen LogP contribution in [0, 0.1) is 12.7 Å². The second-order valence-corrected chi connectivity index (χ2v) is 4.38. The Morgan fingerprint density at radius 1 is 1.33 bits per heavy atom. The molecule has 4 nitrogen and oxygen atoms in total. The number of nitrogens with zero attached hydrogens (tertiary/aromatic N) is 4. The van der Waals surface area contributed by atoms with Gasteiger partial charge >= 0.3 is 0 Å². The number of benzene rings is 1. The van der Waals surface area contributed by atoms with Crippen LogP contribution in [0.1, 0.15) is 5.56 Å². The summed E-state index contributed by atoms with van der Waals surface area (Å²) in [6.45, 7) is 1.81. The van der Waals surface area contributed by atoms with Gasteiger partial charge in [0.1, 0.15) is 18.5 Å². The quantitative estimate of drug-likeness (QED) is 0.684. The molecule has 2 aromatic heterocycles. The van der Waals surface area contributed by atoms with Gasteiger partial charge < -0.3 is 0 Å². The topological polar surface area (TPSA) is 43.1 Å². The van der Waals surface area contributed by atoms with Crippen LogP contribution in [0.3, 0.4) is 0 Å². The number of imidazole rings is 1. The minimum atomic E-state index is -0.366. The zero-order valence-corrected chi connectivity index (χ0v) is 10.4. The predicted octanol–water partition coefficient (Wildman–Crippen LogP) is 2.53. The molecule has 0 unspecified atom stereocenters. The summed E-state index contributed by atoms with van der Waals surface area (Å²) in [5, 5.41) is 0. The number of aryl methyl sites for hydroxylation is 1. The van der Waals surface area contributed by atoms with Crippen molar-refractivity contribution < 1.29 is 4.39 Å². The molecule has 0 aliphatic rings. The summed E-state index contributed by atoms with van der Waals surface area (Å²) in [5.74, 6) is 0.121. The fourth-order valence-corrected chi connectivity index (χ4v) is 1.93. The lowest BCUT2D eigenvalue weighted by Gasteiger charge is -2.04. The molecule has 0 fully saturated rings. The molecular weight excluding hydrogens is 251 g/mol. The molecule has 3 aromatic rings. The number of rotatable bonds is 1. The van der Waals surface area contributed by atoms with Crippen LogP contribution in [-0.4, -0.2) is 19.4 Å². The van der Waals surface area contributed by atoms with E-state index in [-0.39, 0.29) is 5.82 Å². The van der Waals surface area contributed by atoms with Crippen molar-refractivity contribution in [1.82, 2.24) is 19.4 Å². The third kappa shape index (κ3) is 1.65. The molecule has 0 spiro atoms. The maximum atomic E-state index is 14.1. The molecule has 1 aromatic carbocycles. The lowest BCUT2D eigenvalue weighted by molar-refractivity contribution is 0.603. The normalized spacial score (nSPS) is 11.1. The van der Waals surface area contributed by atoms with E-state index in [9.17, 15) is 4.39 Å². The van der Waals surface area contributed by atoms with E-state index in [1.165, 1.54) is 6.33 Å². The van der Waals surface area contributed by atoms with Crippen molar-refractivity contribution in [2.75, 3.05) is 0 Å². The number of hydrogen-bond donors (Lipinski definition) is 1. The standard InChI is InChI=1S/C12H9FN4S/c1-7-2-3-8(10(13)11(7)18)9-4-17-6-14-5-15-12(17)16-9/h2-6,18H,1H3. The zero-order valence-electron chi connectivity index (χ0n) is 9.50. The van der Waals surface area contributed by atoms with E-state index in [0.717, 1.165) is 5.56 Å². The van der Waals surface area contributed by atoms with E-state index in [1.54, 1.807) is 23.0 Å². The molecule has 0 saturated heterocycles. The smallest absolute Gasteiger partial charge is 0.237 e. The molecule has 3 rings (SSSR count). The van der Waals surface area contributed by atoms with E-state index < -0.39 is 0 Å². The minimum Gasteiger partial charge on any atom is -0.274 e. The van der Waals surface area contributed by atoms with Gasteiger partial charge in [0.25, 0.3) is 0 Å². The van der Waals surface area contributed by atoms with Crippen molar-refractivity contribution in [3.8, 4) is 11.3 Å². The van der Waals surface area contributed by atoms with Crippen LogP contribution < -0.4 is 0 Å². The second-order valence-electron chi connectivity index (χ2n) is 3.94. The highest BCUT2D eigenvalue weighted by Gasteiger charge is 2.13. The van der Waals surface area contributed by atoms with Crippen LogP contribution in [0.25, 0.3) is 17.0 Å². The molecule has 0 bridgehead atoms. The lowest BCUT2D eigenvalue weighted by Crippen LogP contribution is -1.89. The summed E-state index contributed by atoms with van der Waals surface area (Å²) in [6, 6.07) is 3.51. The van der Waals surface area contributed by atoms with E-state index in [0.29, 0.717) is 21.9 Å². The molecule has 6 heteroatoms. The minimum absolute atomic E-state index is 0.343. The fourth-order valence-electron chi connectivity index (χ4n) is 1.74. The van der Waals surface area contributed by atoms with Gasteiger partial charge in [0.15, 0.2) is 0 Å². The Hall–Kier alpha value is -1.95. The first-order chi connectivity index (χ1) is 8.66. The average molecular weight is 260 g/mol. The Balaban J connectivity index is 2.23. The van der Waals surface area contributed by atoms with Crippen molar-refractivity contribution in [3.63, 3.8) is 0 Å². The number of halogens is 1. The van der Waals surface area contributed by atoms with Gasteiger partial charge in [-0.2, -0.15) is 0 Å². The number of fused-ring (bicyclic) bond motifs is 1. The molecule has 18 heavy (non-hydrogen) atoms. The first-order valence-electron chi connectivity index (χ1n) is 5.30. The van der Waals surface area contributed by atoms with E-state index >= 15 is 0 Å². The first-order valence-corrected chi connectivity index (χ1v) is 5.74. The van der Waals surface area contributed by atoms with E-state index in [1.807, 2.05) is 13.0 Å². The van der Waals surface area contributed by atoms with Crippen molar-refractivity contribution in [2.45, 2.75) is 11.8 Å². The van der Waals surface area contributed by atoms with Gasteiger partial charge in [-0.1, -0.05) is 6.07 Å². The molecule has 90 valence electrons. The highest BCUT2D eigenvalue weighted by Crippen LogP contribution is 2.28. The molecule has 0 aliphatic heterocycles. The average Bonchev–Trinajstić information content (AvgIpc) is 2.79. The van der Waals surface area contributed by atoms with Gasteiger partial charge in [-0.3, -0.25) is 4.40 Å². The third-order valence-corrected chi connectivity index (χ3v) is 3.29. The Kier molecular flexibility index (Phi) is 2.52. The van der Waals surface area contributed by atoms with Crippen LogP contribution >= 0.6 is 12.6 Å². The molecule has 0 aliphatic carbocycles. The maximum absolute atomic E-state index is 14.1. The van der Waals surface area contributed by atoms with Gasteiger partial charge in [0.05, 0.1) is 5.69 Å². The molecular formula is C12H9FN4S. The van der Waals surface area contributed by atoms with Crippen molar-refractivity contribution >= 4 is 18.4 Å². The van der Waals surface area contributed by atoms with Crippen LogP contribution in [0.5, 0.6) is 0 Å². The zero-order chi connectivity index (χ0) is 12.7. The van der Waals surface area contributed by atoms with E-state index in [2.05, 4.69) is 27.6 Å². The van der Waals surface area contributed by atoms with Crippen LogP contribution in [-0.2, 0) is 0 Å². The van der Waals surface area contributed by atoms with Gasteiger partial charge in [-0.25, -0.2) is 19.3 Å². The summed E-state index contributed by atoms with van der Waals surface area (Å²) in [7, 11) is 0. The predicted molar refractivity (Wildman–Crippen MR) is 68.2 cm³/mol. The van der Waals surface area contributed by atoms with Gasteiger partial charge in [0, 0.05) is 16.7 Å². The van der Waals surface area contributed by atoms with Crippen molar-refractivity contribution in [1.29, 1.82) is 0 Å². The Morgan fingerprint density at radius 3 is 2.94 bits per heavy atom. The highest BCUT2D eigenvalue weighted by atomic mass is 32.1. The molecule has 0 N–H and O–H groups in total. The Morgan fingerprint density at radius 2 is 2.17 bits per heavy atom. The summed E-state index contributed by atoms with van der Waals surface area (Å²) in [6.07, 6.45) is 4.67. The summed E-state index contributed by atoms with van der Waals surface area (Å²) in [4.78, 5) is 12.5. The van der Waals surface area contributed by atoms with Crippen LogP contribution in [0.2, 0.25) is 0 Å². The lowest BCUT2D eigenvalue weighted by atomic mass is 10.1.